The maximum absolute atomic E-state index is 9.65. The van der Waals surface area contributed by atoms with Crippen LogP contribution in [0.3, 0.4) is 0 Å². The van der Waals surface area contributed by atoms with E-state index in [-0.39, 0.29) is 6.61 Å². The summed E-state index contributed by atoms with van der Waals surface area (Å²) < 4.78 is 3.87. The summed E-state index contributed by atoms with van der Waals surface area (Å²) in [6.07, 6.45) is 7.42. The van der Waals surface area contributed by atoms with Crippen molar-refractivity contribution in [2.24, 2.45) is 0 Å². The predicted molar refractivity (Wildman–Crippen MR) is 133 cm³/mol. The van der Waals surface area contributed by atoms with Gasteiger partial charge in [-0.3, -0.25) is 4.68 Å². The number of rotatable bonds is 6. The molecule has 1 fully saturated rings. The van der Waals surface area contributed by atoms with E-state index in [4.69, 9.17) is 5.10 Å². The molecular formula is C26H25N7OS. The van der Waals surface area contributed by atoms with Gasteiger partial charge in [-0.15, -0.1) is 0 Å². The van der Waals surface area contributed by atoms with Gasteiger partial charge in [-0.05, 0) is 38.0 Å². The van der Waals surface area contributed by atoms with E-state index in [9.17, 15) is 15.6 Å². The van der Waals surface area contributed by atoms with E-state index < -0.39 is 0 Å². The third-order valence-electron chi connectivity index (χ3n) is 6.60. The first-order chi connectivity index (χ1) is 17.1. The molecule has 0 saturated carbocycles. The van der Waals surface area contributed by atoms with Crippen LogP contribution in [0.15, 0.2) is 58.7 Å². The van der Waals surface area contributed by atoms with Gasteiger partial charge in [0.05, 0.1) is 41.7 Å². The second-order valence-corrected chi connectivity index (χ2v) is 9.73. The van der Waals surface area contributed by atoms with Crippen molar-refractivity contribution < 1.29 is 5.11 Å². The molecule has 5 rings (SSSR count). The van der Waals surface area contributed by atoms with Crippen molar-refractivity contribution in [3.05, 3.63) is 65.7 Å². The molecule has 1 aliphatic heterocycles. The highest BCUT2D eigenvalue weighted by atomic mass is 32.2. The minimum atomic E-state index is 0.193. The summed E-state index contributed by atoms with van der Waals surface area (Å²) in [7, 11) is 0. The lowest BCUT2D eigenvalue weighted by Gasteiger charge is -2.32. The quantitative estimate of drug-likeness (QED) is 0.441. The van der Waals surface area contributed by atoms with Gasteiger partial charge >= 0.3 is 0 Å². The minimum Gasteiger partial charge on any atom is -0.395 e. The average molecular weight is 484 g/mol. The first kappa shape index (κ1) is 23.1. The fraction of sp³-hybridized carbons (Fsp3) is 0.308. The molecule has 1 N–H and O–H groups in total. The average Bonchev–Trinajstić information content (AvgIpc) is 3.48. The molecule has 1 aromatic carbocycles. The Labute approximate surface area is 208 Å². The lowest BCUT2D eigenvalue weighted by atomic mass is 10.0. The van der Waals surface area contributed by atoms with Crippen LogP contribution in [0.2, 0.25) is 0 Å². The number of hydrogen-bond acceptors (Lipinski definition) is 7. The highest BCUT2D eigenvalue weighted by Gasteiger charge is 2.24. The van der Waals surface area contributed by atoms with Crippen LogP contribution in [0.5, 0.6) is 0 Å². The zero-order valence-corrected chi connectivity index (χ0v) is 20.2. The molecule has 0 bridgehead atoms. The largest absolute Gasteiger partial charge is 0.395 e. The van der Waals surface area contributed by atoms with Crippen molar-refractivity contribution >= 4 is 17.3 Å². The minimum absolute atomic E-state index is 0.193. The highest BCUT2D eigenvalue weighted by molar-refractivity contribution is 7.99. The van der Waals surface area contributed by atoms with Gasteiger partial charge in [-0.1, -0.05) is 23.9 Å². The van der Waals surface area contributed by atoms with Gasteiger partial charge in [0, 0.05) is 52.4 Å². The first-order valence-corrected chi connectivity index (χ1v) is 12.4. The zero-order chi connectivity index (χ0) is 24.4. The summed E-state index contributed by atoms with van der Waals surface area (Å²) >= 11 is 1.47. The van der Waals surface area contributed by atoms with E-state index in [1.54, 1.807) is 16.8 Å². The molecule has 9 heteroatoms. The fourth-order valence-electron chi connectivity index (χ4n) is 4.76. The van der Waals surface area contributed by atoms with Gasteiger partial charge in [0.25, 0.3) is 0 Å². The maximum atomic E-state index is 9.65. The SMILES string of the molecule is Cc1c(-c2cc(Sc3ccccc3C#N)c3c(C#N)cnn3c2)cnn1C1CCN(CCO)CC1. The summed E-state index contributed by atoms with van der Waals surface area (Å²) in [6, 6.07) is 14.4. The number of fused-ring (bicyclic) bond motifs is 1. The van der Waals surface area contributed by atoms with Crippen molar-refractivity contribution in [2.45, 2.75) is 35.6 Å². The Morgan fingerprint density at radius 3 is 2.57 bits per heavy atom. The molecule has 4 aromatic rings. The Morgan fingerprint density at radius 1 is 1.06 bits per heavy atom. The molecule has 8 nitrogen and oxygen atoms in total. The van der Waals surface area contributed by atoms with Crippen LogP contribution in [-0.2, 0) is 0 Å². The third-order valence-corrected chi connectivity index (χ3v) is 7.71. The van der Waals surface area contributed by atoms with E-state index in [0.717, 1.165) is 64.6 Å². The standard InChI is InChI=1S/C26H25N7OS/c1-18-23(16-30-33(18)22-6-8-31(9-7-22)10-11-34)20-12-25(26-21(14-28)15-29-32(26)17-20)35-24-5-3-2-4-19(24)13-27/h2-5,12,15-17,22,34H,6-11H2,1H3. The number of benzene rings is 1. The molecule has 0 atom stereocenters. The fourth-order valence-corrected chi connectivity index (χ4v) is 5.85. The number of nitriles is 2. The molecule has 3 aromatic heterocycles. The van der Waals surface area contributed by atoms with Crippen molar-refractivity contribution in [3.8, 4) is 23.3 Å². The first-order valence-electron chi connectivity index (χ1n) is 11.6. The number of aliphatic hydroxyl groups excluding tert-OH is 1. The van der Waals surface area contributed by atoms with E-state index in [0.29, 0.717) is 17.2 Å². The summed E-state index contributed by atoms with van der Waals surface area (Å²) in [4.78, 5) is 3.99. The van der Waals surface area contributed by atoms with Crippen LogP contribution in [0.1, 0.15) is 35.7 Å². The summed E-state index contributed by atoms with van der Waals surface area (Å²) in [6.45, 7) is 4.91. The molecule has 4 heterocycles. The monoisotopic (exact) mass is 483 g/mol. The van der Waals surface area contributed by atoms with Gasteiger partial charge in [0.2, 0.25) is 0 Å². The number of piperidine rings is 1. The smallest absolute Gasteiger partial charge is 0.103 e. The molecule has 0 amide bonds. The van der Waals surface area contributed by atoms with E-state index in [1.807, 2.05) is 30.6 Å². The van der Waals surface area contributed by atoms with Crippen molar-refractivity contribution in [2.75, 3.05) is 26.2 Å². The molecule has 35 heavy (non-hydrogen) atoms. The van der Waals surface area contributed by atoms with Crippen molar-refractivity contribution in [1.29, 1.82) is 10.5 Å². The maximum Gasteiger partial charge on any atom is 0.103 e. The molecular weight excluding hydrogens is 458 g/mol. The summed E-state index contributed by atoms with van der Waals surface area (Å²) in [5, 5.41) is 37.6. The Balaban J connectivity index is 1.53. The predicted octanol–water partition coefficient (Wildman–Crippen LogP) is 4.03. The molecule has 1 aliphatic rings. The van der Waals surface area contributed by atoms with Crippen LogP contribution < -0.4 is 0 Å². The Morgan fingerprint density at radius 2 is 1.83 bits per heavy atom. The number of aliphatic hydroxyl groups is 1. The summed E-state index contributed by atoms with van der Waals surface area (Å²) in [5.41, 5.74) is 4.89. The van der Waals surface area contributed by atoms with E-state index in [2.05, 4.69) is 39.8 Å². The van der Waals surface area contributed by atoms with Crippen LogP contribution in [0.4, 0.5) is 0 Å². The van der Waals surface area contributed by atoms with E-state index >= 15 is 0 Å². The van der Waals surface area contributed by atoms with Crippen molar-refractivity contribution in [1.82, 2.24) is 24.3 Å². The molecule has 0 spiro atoms. The Kier molecular flexibility index (Phi) is 6.56. The highest BCUT2D eigenvalue weighted by Crippen LogP contribution is 2.38. The third kappa shape index (κ3) is 4.42. The Bertz CT molecular complexity index is 1450. The molecule has 1 saturated heterocycles. The number of aromatic nitrogens is 4. The Hall–Kier alpha value is -3.63. The summed E-state index contributed by atoms with van der Waals surface area (Å²) in [5.74, 6) is 0. The molecule has 0 aliphatic carbocycles. The lowest BCUT2D eigenvalue weighted by molar-refractivity contribution is 0.145. The van der Waals surface area contributed by atoms with Gasteiger partial charge < -0.3 is 10.0 Å². The van der Waals surface area contributed by atoms with Crippen LogP contribution >= 0.6 is 11.8 Å². The number of nitrogens with zero attached hydrogens (tertiary/aromatic N) is 7. The lowest BCUT2D eigenvalue weighted by Crippen LogP contribution is -2.36. The van der Waals surface area contributed by atoms with Gasteiger partial charge in [-0.2, -0.15) is 20.7 Å². The van der Waals surface area contributed by atoms with Gasteiger partial charge in [-0.25, -0.2) is 4.52 Å². The number of hydrogen-bond donors (Lipinski definition) is 1. The van der Waals surface area contributed by atoms with Crippen LogP contribution in [0, 0.1) is 29.6 Å². The normalized spacial score (nSPS) is 14.7. The van der Waals surface area contributed by atoms with Gasteiger partial charge in [0.1, 0.15) is 12.1 Å². The zero-order valence-electron chi connectivity index (χ0n) is 19.4. The second kappa shape index (κ2) is 9.93. The van der Waals surface area contributed by atoms with Crippen molar-refractivity contribution in [3.63, 3.8) is 0 Å². The van der Waals surface area contributed by atoms with Crippen LogP contribution in [-0.4, -0.2) is 55.6 Å². The number of pyridine rings is 1. The van der Waals surface area contributed by atoms with Gasteiger partial charge in [0.15, 0.2) is 0 Å². The number of likely N-dealkylation sites (tertiary alicyclic amines) is 1. The van der Waals surface area contributed by atoms with Crippen LogP contribution in [0.25, 0.3) is 16.6 Å². The molecule has 0 unspecified atom stereocenters. The topological polar surface area (TPSA) is 106 Å². The number of β-amino-alcohol motifs (C(OH)–C–C–N with tert-alkyl or cyclic N) is 1. The second-order valence-electron chi connectivity index (χ2n) is 8.65. The molecule has 0 radical (unpaired) electrons. The van der Waals surface area contributed by atoms with E-state index in [1.165, 1.54) is 11.8 Å². The molecule has 176 valence electrons.